The van der Waals surface area contributed by atoms with E-state index in [1.807, 2.05) is 23.1 Å². The first kappa shape index (κ1) is 19.2. The zero-order chi connectivity index (χ0) is 20.7. The summed E-state index contributed by atoms with van der Waals surface area (Å²) < 4.78 is 38.7. The molecule has 1 aromatic carbocycles. The number of hydrogen-bond acceptors (Lipinski definition) is 6. The van der Waals surface area contributed by atoms with E-state index >= 15 is 0 Å². The highest BCUT2D eigenvalue weighted by atomic mass is 32.2. The zero-order valence-corrected chi connectivity index (χ0v) is 17.3. The number of carbonyl (C=O) groups is 1. The fraction of sp³-hybridized carbons (Fsp3) is 0.429. The molecule has 0 unspecified atom stereocenters. The summed E-state index contributed by atoms with van der Waals surface area (Å²) in [7, 11) is -3.41. The monoisotopic (exact) mass is 429 g/mol. The molecule has 4 aliphatic heterocycles. The average molecular weight is 429 g/mol. The Balaban J connectivity index is 1.38. The summed E-state index contributed by atoms with van der Waals surface area (Å²) in [4.78, 5) is 16.9. The molecule has 1 amide bonds. The van der Waals surface area contributed by atoms with Crippen molar-refractivity contribution in [3.63, 3.8) is 0 Å². The fourth-order valence-corrected chi connectivity index (χ4v) is 5.21. The second-order valence-corrected chi connectivity index (χ2v) is 9.51. The molecule has 0 spiro atoms. The van der Waals surface area contributed by atoms with E-state index in [-0.39, 0.29) is 17.7 Å². The van der Waals surface area contributed by atoms with Gasteiger partial charge >= 0.3 is 0 Å². The van der Waals surface area contributed by atoms with Crippen molar-refractivity contribution in [2.75, 3.05) is 32.1 Å². The van der Waals surface area contributed by atoms with Gasteiger partial charge in [0.05, 0.1) is 30.6 Å². The molecular formula is C21H23N3O5S. The molecule has 0 bridgehead atoms. The van der Waals surface area contributed by atoms with E-state index in [2.05, 4.69) is 4.40 Å². The number of sulfonamides is 1. The summed E-state index contributed by atoms with van der Waals surface area (Å²) in [6.07, 6.45) is 7.62. The van der Waals surface area contributed by atoms with Crippen LogP contribution in [-0.4, -0.2) is 62.0 Å². The molecule has 30 heavy (non-hydrogen) atoms. The molecule has 1 aromatic rings. The van der Waals surface area contributed by atoms with Crippen molar-refractivity contribution in [2.24, 2.45) is 4.40 Å². The summed E-state index contributed by atoms with van der Waals surface area (Å²) in [5, 5.41) is 0. The quantitative estimate of drug-likeness (QED) is 0.715. The van der Waals surface area contributed by atoms with E-state index in [1.165, 1.54) is 0 Å². The van der Waals surface area contributed by atoms with Crippen LogP contribution in [0.15, 0.2) is 46.5 Å². The predicted octanol–water partition coefficient (Wildman–Crippen LogP) is 2.01. The second-order valence-electron chi connectivity index (χ2n) is 7.76. The highest BCUT2D eigenvalue weighted by Crippen LogP contribution is 2.38. The predicted molar refractivity (Wildman–Crippen MR) is 111 cm³/mol. The number of benzene rings is 1. The van der Waals surface area contributed by atoms with Gasteiger partial charge in [0.2, 0.25) is 0 Å². The lowest BCUT2D eigenvalue weighted by Gasteiger charge is -2.30. The molecule has 1 saturated heterocycles. The Labute approximate surface area is 175 Å². The van der Waals surface area contributed by atoms with Gasteiger partial charge in [0, 0.05) is 25.7 Å². The zero-order valence-electron chi connectivity index (χ0n) is 16.5. The van der Waals surface area contributed by atoms with Gasteiger partial charge in [-0.3, -0.25) is 4.79 Å². The number of amidine groups is 1. The maximum Gasteiger partial charge on any atom is 0.256 e. The number of carbonyl (C=O) groups excluding carboxylic acids is 1. The number of amides is 1. The molecule has 0 aromatic heterocycles. The van der Waals surface area contributed by atoms with Crippen molar-refractivity contribution in [3.05, 3.63) is 47.7 Å². The Morgan fingerprint density at radius 2 is 1.90 bits per heavy atom. The van der Waals surface area contributed by atoms with Crippen LogP contribution >= 0.6 is 0 Å². The van der Waals surface area contributed by atoms with E-state index in [0.29, 0.717) is 37.7 Å². The molecule has 8 nitrogen and oxygen atoms in total. The van der Waals surface area contributed by atoms with Crippen molar-refractivity contribution in [1.82, 2.24) is 9.80 Å². The van der Waals surface area contributed by atoms with Crippen molar-refractivity contribution in [1.29, 1.82) is 0 Å². The lowest BCUT2D eigenvalue weighted by Crippen LogP contribution is -2.39. The maximum atomic E-state index is 13.3. The third-order valence-electron chi connectivity index (χ3n) is 5.74. The molecule has 1 fully saturated rings. The molecule has 4 aliphatic rings. The summed E-state index contributed by atoms with van der Waals surface area (Å²) >= 11 is 0. The van der Waals surface area contributed by atoms with Crippen LogP contribution in [-0.2, 0) is 14.8 Å². The summed E-state index contributed by atoms with van der Waals surface area (Å²) in [6.45, 7) is 2.24. The topological polar surface area (TPSA) is 88.5 Å². The van der Waals surface area contributed by atoms with Gasteiger partial charge in [-0.2, -0.15) is 0 Å². The molecule has 0 N–H and O–H groups in total. The lowest BCUT2D eigenvalue weighted by molar-refractivity contribution is -0.127. The number of nitrogens with zero attached hydrogens (tertiary/aromatic N) is 3. The first-order valence-electron chi connectivity index (χ1n) is 10.2. The van der Waals surface area contributed by atoms with E-state index in [1.54, 1.807) is 23.3 Å². The molecule has 158 valence electrons. The number of fused-ring (bicyclic) bond motifs is 2. The van der Waals surface area contributed by atoms with Crippen LogP contribution in [0.4, 0.5) is 0 Å². The Bertz CT molecular complexity index is 1080. The average Bonchev–Trinajstić information content (AvgIpc) is 3.11. The molecule has 5 rings (SSSR count). The van der Waals surface area contributed by atoms with Gasteiger partial charge in [-0.05, 0) is 42.7 Å². The Hall–Kier alpha value is -2.81. The largest absolute Gasteiger partial charge is 0.490 e. The van der Waals surface area contributed by atoms with Gasteiger partial charge in [-0.15, -0.1) is 4.40 Å². The number of likely N-dealkylation sites (tertiary alicyclic amines) is 1. The third-order valence-corrected chi connectivity index (χ3v) is 6.90. The fourth-order valence-electron chi connectivity index (χ4n) is 4.24. The van der Waals surface area contributed by atoms with Crippen LogP contribution in [0.25, 0.3) is 0 Å². The minimum atomic E-state index is -3.41. The molecule has 0 radical (unpaired) electrons. The van der Waals surface area contributed by atoms with Crippen LogP contribution in [0.2, 0.25) is 0 Å². The van der Waals surface area contributed by atoms with Crippen LogP contribution in [0.3, 0.4) is 0 Å². The van der Waals surface area contributed by atoms with E-state index in [0.717, 1.165) is 36.3 Å². The van der Waals surface area contributed by atoms with Crippen LogP contribution in [0.1, 0.15) is 30.9 Å². The summed E-state index contributed by atoms with van der Waals surface area (Å²) in [6, 6.07) is 5.89. The van der Waals surface area contributed by atoms with Gasteiger partial charge in [0.25, 0.3) is 15.9 Å². The number of rotatable bonds is 2. The molecular weight excluding hydrogens is 406 g/mol. The maximum absolute atomic E-state index is 13.3. The van der Waals surface area contributed by atoms with E-state index < -0.39 is 10.0 Å². The molecule has 1 atom stereocenters. The standard InChI is InChI=1S/C21H23N3O5S/c25-21(16-5-7-20-22-30(26,27)12-9-23(20)14-16)24-8-1-3-17(24)15-4-6-18-19(13-15)29-11-2-10-28-18/h4-7,13-14,17H,1-3,8-12H2/t17-/m1/s1. The van der Waals surface area contributed by atoms with Gasteiger partial charge in [0.1, 0.15) is 5.84 Å². The Morgan fingerprint density at radius 1 is 1.07 bits per heavy atom. The molecule has 0 aliphatic carbocycles. The molecule has 0 saturated carbocycles. The molecule has 4 heterocycles. The van der Waals surface area contributed by atoms with Crippen molar-refractivity contribution >= 4 is 21.8 Å². The van der Waals surface area contributed by atoms with Crippen LogP contribution in [0, 0.1) is 0 Å². The van der Waals surface area contributed by atoms with Crippen molar-refractivity contribution < 1.29 is 22.7 Å². The minimum Gasteiger partial charge on any atom is -0.490 e. The molecule has 9 heteroatoms. The lowest BCUT2D eigenvalue weighted by atomic mass is 10.0. The highest BCUT2D eigenvalue weighted by Gasteiger charge is 2.33. The van der Waals surface area contributed by atoms with E-state index in [4.69, 9.17) is 9.47 Å². The normalized spacial score (nSPS) is 24.6. The number of hydrogen-bond donors (Lipinski definition) is 0. The Kier molecular flexibility index (Phi) is 4.77. The third kappa shape index (κ3) is 3.58. The van der Waals surface area contributed by atoms with Crippen molar-refractivity contribution in [3.8, 4) is 11.5 Å². The number of ether oxygens (including phenoxy) is 2. The first-order chi connectivity index (χ1) is 14.5. The first-order valence-corrected chi connectivity index (χ1v) is 11.8. The minimum absolute atomic E-state index is 0.0271. The summed E-state index contributed by atoms with van der Waals surface area (Å²) in [5.74, 6) is 1.73. The Morgan fingerprint density at radius 3 is 2.77 bits per heavy atom. The van der Waals surface area contributed by atoms with E-state index in [9.17, 15) is 13.2 Å². The van der Waals surface area contributed by atoms with Crippen LogP contribution < -0.4 is 9.47 Å². The SMILES string of the molecule is O=C(C1=CN2CCS(=O)(=O)N=C2C=C1)N1CCC[C@@H]1c1ccc2c(c1)OCCCO2. The van der Waals surface area contributed by atoms with Gasteiger partial charge in [-0.1, -0.05) is 6.07 Å². The highest BCUT2D eigenvalue weighted by molar-refractivity contribution is 7.90. The second kappa shape index (κ2) is 7.46. The van der Waals surface area contributed by atoms with Gasteiger partial charge < -0.3 is 19.3 Å². The van der Waals surface area contributed by atoms with Crippen LogP contribution in [0.5, 0.6) is 11.5 Å². The smallest absolute Gasteiger partial charge is 0.256 e. The van der Waals surface area contributed by atoms with Gasteiger partial charge in [-0.25, -0.2) is 8.42 Å². The van der Waals surface area contributed by atoms with Crippen molar-refractivity contribution in [2.45, 2.75) is 25.3 Å². The van der Waals surface area contributed by atoms with Gasteiger partial charge in [0.15, 0.2) is 11.5 Å². The summed E-state index contributed by atoms with van der Waals surface area (Å²) in [5.41, 5.74) is 1.58.